The van der Waals surface area contributed by atoms with Gasteiger partial charge in [0.1, 0.15) is 31.5 Å². The monoisotopic (exact) mass is 406 g/mol. The molecule has 0 aromatic heterocycles. The van der Waals surface area contributed by atoms with Crippen LogP contribution in [-0.2, 0) is 6.54 Å². The molecular weight excluding hydrogens is 388 g/mol. The fraction of sp³-hybridized carbons (Fsp3) is 0.412. The van der Waals surface area contributed by atoms with Crippen molar-refractivity contribution >= 4 is 11.0 Å². The Labute approximate surface area is 162 Å². The summed E-state index contributed by atoms with van der Waals surface area (Å²) in [5, 5.41) is 39.0. The van der Waals surface area contributed by atoms with E-state index in [1.54, 1.807) is 12.1 Å². The third kappa shape index (κ3) is 3.42. The van der Waals surface area contributed by atoms with Gasteiger partial charge in [-0.1, -0.05) is 0 Å². The second-order valence-electron chi connectivity index (χ2n) is 6.56. The third-order valence-electron chi connectivity index (χ3n) is 4.62. The van der Waals surface area contributed by atoms with Crippen LogP contribution >= 0.6 is 0 Å². The van der Waals surface area contributed by atoms with Crippen LogP contribution in [0.2, 0.25) is 0 Å². The molecule has 0 fully saturated rings. The molecule has 3 aliphatic rings. The van der Waals surface area contributed by atoms with Crippen LogP contribution in [-0.4, -0.2) is 78.1 Å². The van der Waals surface area contributed by atoms with E-state index in [1.165, 1.54) is 4.57 Å². The van der Waals surface area contributed by atoms with Crippen LogP contribution in [0.1, 0.15) is 0 Å². The van der Waals surface area contributed by atoms with Gasteiger partial charge in [0.15, 0.2) is 23.0 Å². The van der Waals surface area contributed by atoms with E-state index < -0.39 is 36.2 Å². The first kappa shape index (κ1) is 19.3. The summed E-state index contributed by atoms with van der Waals surface area (Å²) in [6.07, 6.45) is -4.82. The molecule has 12 nitrogen and oxygen atoms in total. The summed E-state index contributed by atoms with van der Waals surface area (Å²) in [6.45, 7) is -0.449. The number of aromatic amines is 1. The SMILES string of the molecule is O=c1nc2n(CC(O)C(O)C(O)CO)c3cc4c(cc3nc-2c(=O)[nH]1)OCCO4. The largest absolute Gasteiger partial charge is 0.486 e. The fourth-order valence-electron chi connectivity index (χ4n) is 3.18. The van der Waals surface area contributed by atoms with Gasteiger partial charge in [0.2, 0.25) is 0 Å². The minimum Gasteiger partial charge on any atom is -0.486 e. The Morgan fingerprint density at radius 1 is 1.07 bits per heavy atom. The normalized spacial score (nSPS) is 16.7. The van der Waals surface area contributed by atoms with E-state index in [9.17, 15) is 24.9 Å². The average molecular weight is 406 g/mol. The molecule has 12 heteroatoms. The van der Waals surface area contributed by atoms with Crippen LogP contribution in [0.25, 0.3) is 22.6 Å². The Kier molecular flexibility index (Phi) is 4.92. The number of nitrogens with one attached hydrogen (secondary N) is 1. The number of hydrogen-bond acceptors (Lipinski definition) is 10. The molecule has 0 saturated heterocycles. The quantitative estimate of drug-likeness (QED) is 0.283. The van der Waals surface area contributed by atoms with Crippen LogP contribution in [0.5, 0.6) is 11.5 Å². The van der Waals surface area contributed by atoms with Crippen LogP contribution in [0.3, 0.4) is 0 Å². The van der Waals surface area contributed by atoms with Crippen LogP contribution in [0.4, 0.5) is 0 Å². The number of H-pyrrole nitrogens is 1. The molecule has 0 bridgehead atoms. The third-order valence-corrected chi connectivity index (χ3v) is 4.62. The van der Waals surface area contributed by atoms with Crippen LogP contribution in [0.15, 0.2) is 21.7 Å². The molecular formula is C17H18N4O8. The molecule has 29 heavy (non-hydrogen) atoms. The first-order valence-corrected chi connectivity index (χ1v) is 8.78. The van der Waals surface area contributed by atoms with Crippen LogP contribution < -0.4 is 20.7 Å². The van der Waals surface area contributed by atoms with Gasteiger partial charge < -0.3 is 34.5 Å². The van der Waals surface area contributed by atoms with E-state index in [0.717, 1.165) is 0 Å². The molecule has 0 amide bonds. The molecule has 154 valence electrons. The van der Waals surface area contributed by atoms with Gasteiger partial charge in [-0.25, -0.2) is 9.78 Å². The highest BCUT2D eigenvalue weighted by atomic mass is 16.6. The first-order chi connectivity index (χ1) is 13.9. The van der Waals surface area contributed by atoms with E-state index in [1.807, 2.05) is 4.98 Å². The smallest absolute Gasteiger partial charge is 0.349 e. The molecule has 0 aliphatic carbocycles. The van der Waals surface area contributed by atoms with Gasteiger partial charge in [-0.2, -0.15) is 4.98 Å². The lowest BCUT2D eigenvalue weighted by Crippen LogP contribution is -2.42. The van der Waals surface area contributed by atoms with Crippen molar-refractivity contribution in [2.75, 3.05) is 19.8 Å². The highest BCUT2D eigenvalue weighted by Crippen LogP contribution is 2.35. The summed E-state index contributed by atoms with van der Waals surface area (Å²) in [7, 11) is 0. The lowest BCUT2D eigenvalue weighted by atomic mass is 10.1. The van der Waals surface area contributed by atoms with Crippen LogP contribution in [0, 0.1) is 0 Å². The van der Waals surface area contributed by atoms with Crippen molar-refractivity contribution < 1.29 is 29.9 Å². The highest BCUT2D eigenvalue weighted by molar-refractivity contribution is 5.83. The molecule has 0 spiro atoms. The number of hydrogen-bond donors (Lipinski definition) is 5. The van der Waals surface area contributed by atoms with E-state index in [2.05, 4.69) is 9.97 Å². The minimum atomic E-state index is -1.68. The Morgan fingerprint density at radius 3 is 2.45 bits per heavy atom. The maximum Gasteiger partial charge on any atom is 0.349 e. The maximum atomic E-state index is 12.2. The van der Waals surface area contributed by atoms with Crippen molar-refractivity contribution in [2.24, 2.45) is 0 Å². The Morgan fingerprint density at radius 2 is 1.76 bits per heavy atom. The molecule has 1 aromatic carbocycles. The van der Waals surface area contributed by atoms with E-state index >= 15 is 0 Å². The zero-order valence-corrected chi connectivity index (χ0v) is 15.0. The van der Waals surface area contributed by atoms with Gasteiger partial charge >= 0.3 is 5.69 Å². The molecule has 3 unspecified atom stereocenters. The second-order valence-corrected chi connectivity index (χ2v) is 6.56. The zero-order chi connectivity index (χ0) is 20.7. The summed E-state index contributed by atoms with van der Waals surface area (Å²) < 4.78 is 12.4. The topological polar surface area (TPSA) is 180 Å². The number of benzene rings is 1. The number of rotatable bonds is 5. The summed E-state index contributed by atoms with van der Waals surface area (Å²) in [6, 6.07) is 3.11. The molecule has 5 N–H and O–H groups in total. The van der Waals surface area contributed by atoms with Crippen molar-refractivity contribution in [2.45, 2.75) is 24.9 Å². The lowest BCUT2D eigenvalue weighted by molar-refractivity contribution is -0.0802. The Balaban J connectivity index is 1.95. The van der Waals surface area contributed by atoms with Crippen molar-refractivity contribution in [3.8, 4) is 23.0 Å². The molecule has 1 aromatic rings. The number of aliphatic hydroxyl groups excluding tert-OH is 4. The lowest BCUT2D eigenvalue weighted by Gasteiger charge is -2.25. The van der Waals surface area contributed by atoms with Crippen molar-refractivity contribution in [3.05, 3.63) is 33.0 Å². The standard InChI is InChI=1S/C17H18N4O8/c22-6-10(24)14(25)9(23)5-21-8-4-12-11(28-1-2-29-12)3-7(8)18-13-15(21)19-17(27)20-16(13)26/h3-4,9-10,14,22-25H,1-2,5-6H2,(H,20,26,27). The number of aliphatic hydroxyl groups is 4. The fourth-order valence-corrected chi connectivity index (χ4v) is 3.18. The first-order valence-electron chi connectivity index (χ1n) is 8.78. The molecule has 0 saturated carbocycles. The van der Waals surface area contributed by atoms with Gasteiger partial charge in [-0.15, -0.1) is 0 Å². The van der Waals surface area contributed by atoms with E-state index in [-0.39, 0.29) is 18.1 Å². The Hall–Kier alpha value is -3.06. The van der Waals surface area contributed by atoms with Gasteiger partial charge in [-0.3, -0.25) is 9.78 Å². The van der Waals surface area contributed by atoms with Gasteiger partial charge in [0.05, 0.1) is 24.2 Å². The maximum absolute atomic E-state index is 12.2. The summed E-state index contributed by atoms with van der Waals surface area (Å²) >= 11 is 0. The highest BCUT2D eigenvalue weighted by Gasteiger charge is 2.28. The number of fused-ring (bicyclic) bond motifs is 3. The van der Waals surface area contributed by atoms with Gasteiger partial charge in [0.25, 0.3) is 5.56 Å². The Bertz CT molecular complexity index is 1140. The predicted octanol–water partition coefficient (Wildman–Crippen LogP) is -2.57. The molecule has 0 radical (unpaired) electrons. The van der Waals surface area contributed by atoms with Crippen molar-refractivity contribution in [3.63, 3.8) is 0 Å². The van der Waals surface area contributed by atoms with Gasteiger partial charge in [0, 0.05) is 12.1 Å². The summed E-state index contributed by atoms with van der Waals surface area (Å²) in [5.41, 5.74) is -1.17. The minimum absolute atomic E-state index is 0.118. The number of ether oxygens (including phenoxy) is 2. The molecule has 3 atom stereocenters. The van der Waals surface area contributed by atoms with Crippen molar-refractivity contribution in [1.82, 2.24) is 19.5 Å². The number of aromatic nitrogens is 4. The molecule has 4 rings (SSSR count). The second kappa shape index (κ2) is 7.40. The summed E-state index contributed by atoms with van der Waals surface area (Å²) in [5.74, 6) is 0.701. The van der Waals surface area contributed by atoms with E-state index in [0.29, 0.717) is 35.7 Å². The summed E-state index contributed by atoms with van der Waals surface area (Å²) in [4.78, 5) is 34.1. The van der Waals surface area contributed by atoms with E-state index in [4.69, 9.17) is 14.6 Å². The van der Waals surface area contributed by atoms with Gasteiger partial charge in [-0.05, 0) is 0 Å². The average Bonchev–Trinajstić information content (AvgIpc) is 2.71. The zero-order valence-electron chi connectivity index (χ0n) is 15.0. The predicted molar refractivity (Wildman–Crippen MR) is 97.1 cm³/mol. The number of nitrogens with zero attached hydrogens (tertiary/aromatic N) is 3. The molecule has 3 aliphatic heterocycles. The van der Waals surface area contributed by atoms with Crippen molar-refractivity contribution in [1.29, 1.82) is 0 Å². The molecule has 3 heterocycles.